The number of carbonyl (C=O) groups excluding carboxylic acids is 2. The van der Waals surface area contributed by atoms with Crippen molar-refractivity contribution in [1.29, 1.82) is 0 Å². The standard InChI is InChI=1S/C25H35N3O2/c1-8-17(3)21-11-9-10-12-22(21)26-25(30)20(6)28(7)15-23(29)27-24-18(4)13-16(2)14-19(24)5/h9-14,17,20H,8,15H2,1-7H3,(H,26,30)(H,27,29)/p+1/t17-,20-/m1/s1. The molecular formula is C25H36N3O2+. The van der Waals surface area contributed by atoms with Gasteiger partial charge in [-0.25, -0.2) is 0 Å². The molecule has 0 aliphatic carbocycles. The molecule has 3 N–H and O–H groups in total. The van der Waals surface area contributed by atoms with Crippen molar-refractivity contribution in [3.05, 3.63) is 58.7 Å². The molecule has 0 bridgehead atoms. The van der Waals surface area contributed by atoms with Gasteiger partial charge in [0.15, 0.2) is 12.6 Å². The number of aryl methyl sites for hydroxylation is 3. The van der Waals surface area contributed by atoms with Crippen LogP contribution < -0.4 is 15.5 Å². The van der Waals surface area contributed by atoms with Crippen LogP contribution in [0.15, 0.2) is 36.4 Å². The zero-order chi connectivity index (χ0) is 22.4. The zero-order valence-electron chi connectivity index (χ0n) is 19.3. The molecule has 3 atom stereocenters. The molecule has 162 valence electrons. The number of rotatable bonds is 8. The number of hydrogen-bond acceptors (Lipinski definition) is 2. The van der Waals surface area contributed by atoms with Crippen molar-refractivity contribution in [1.82, 2.24) is 0 Å². The Morgan fingerprint density at radius 1 is 1.00 bits per heavy atom. The molecule has 30 heavy (non-hydrogen) atoms. The number of nitrogens with one attached hydrogen (secondary N) is 3. The first-order valence-corrected chi connectivity index (χ1v) is 10.7. The molecule has 1 unspecified atom stereocenters. The van der Waals surface area contributed by atoms with Crippen LogP contribution in [0.5, 0.6) is 0 Å². The van der Waals surface area contributed by atoms with Crippen LogP contribution in [0.1, 0.15) is 55.4 Å². The summed E-state index contributed by atoms with van der Waals surface area (Å²) in [5, 5.41) is 6.08. The molecule has 0 heterocycles. The second kappa shape index (κ2) is 10.4. The van der Waals surface area contributed by atoms with Crippen molar-refractivity contribution >= 4 is 23.2 Å². The molecule has 0 aromatic heterocycles. The van der Waals surface area contributed by atoms with Crippen LogP contribution in [0.2, 0.25) is 0 Å². The van der Waals surface area contributed by atoms with Gasteiger partial charge >= 0.3 is 0 Å². The Balaban J connectivity index is 2.01. The summed E-state index contributed by atoms with van der Waals surface area (Å²) < 4.78 is 0. The first-order chi connectivity index (χ1) is 14.1. The summed E-state index contributed by atoms with van der Waals surface area (Å²) in [6.45, 7) is 12.4. The highest BCUT2D eigenvalue weighted by Crippen LogP contribution is 2.26. The van der Waals surface area contributed by atoms with E-state index < -0.39 is 0 Å². The van der Waals surface area contributed by atoms with Crippen molar-refractivity contribution in [3.63, 3.8) is 0 Å². The van der Waals surface area contributed by atoms with Crippen LogP contribution in [0, 0.1) is 20.8 Å². The maximum atomic E-state index is 12.8. The average molecular weight is 411 g/mol. The van der Waals surface area contributed by atoms with Gasteiger partial charge in [0, 0.05) is 11.4 Å². The first-order valence-electron chi connectivity index (χ1n) is 10.7. The van der Waals surface area contributed by atoms with Gasteiger partial charge in [0.2, 0.25) is 0 Å². The highest BCUT2D eigenvalue weighted by atomic mass is 16.2. The Bertz CT molecular complexity index is 884. The summed E-state index contributed by atoms with van der Waals surface area (Å²) >= 11 is 0. The van der Waals surface area contributed by atoms with Gasteiger partial charge < -0.3 is 15.5 Å². The normalized spacial score (nSPS) is 14.0. The summed E-state index contributed by atoms with van der Waals surface area (Å²) in [4.78, 5) is 26.3. The van der Waals surface area contributed by atoms with Gasteiger partial charge in [0.05, 0.1) is 7.05 Å². The Labute approximate surface area is 180 Å². The lowest BCUT2D eigenvalue weighted by molar-refractivity contribution is -0.885. The highest BCUT2D eigenvalue weighted by molar-refractivity contribution is 5.95. The molecule has 0 spiro atoms. The van der Waals surface area contributed by atoms with Gasteiger partial charge in [0.25, 0.3) is 11.8 Å². The third-order valence-corrected chi connectivity index (χ3v) is 5.88. The van der Waals surface area contributed by atoms with Crippen LogP contribution in [0.25, 0.3) is 0 Å². The Morgan fingerprint density at radius 2 is 1.60 bits per heavy atom. The van der Waals surface area contributed by atoms with E-state index in [4.69, 9.17) is 0 Å². The van der Waals surface area contributed by atoms with Gasteiger partial charge in [-0.2, -0.15) is 0 Å². The van der Waals surface area contributed by atoms with Crippen molar-refractivity contribution in [2.75, 3.05) is 24.2 Å². The molecule has 0 aliphatic heterocycles. The summed E-state index contributed by atoms with van der Waals surface area (Å²) in [7, 11) is 1.87. The number of carbonyl (C=O) groups is 2. The predicted octanol–water partition coefficient (Wildman–Crippen LogP) is 3.61. The number of likely N-dealkylation sites (N-methyl/N-ethyl adjacent to an activating group) is 1. The number of benzene rings is 2. The van der Waals surface area contributed by atoms with Crippen LogP contribution in [0.3, 0.4) is 0 Å². The maximum absolute atomic E-state index is 12.8. The fourth-order valence-electron chi connectivity index (χ4n) is 3.69. The van der Waals surface area contributed by atoms with E-state index in [9.17, 15) is 9.59 Å². The van der Waals surface area contributed by atoms with E-state index in [2.05, 4.69) is 42.7 Å². The molecule has 5 nitrogen and oxygen atoms in total. The fraction of sp³-hybridized carbons (Fsp3) is 0.440. The van der Waals surface area contributed by atoms with Crippen molar-refractivity contribution < 1.29 is 14.5 Å². The van der Waals surface area contributed by atoms with Crippen molar-refractivity contribution in [2.45, 2.75) is 59.9 Å². The second-order valence-electron chi connectivity index (χ2n) is 8.45. The molecule has 2 rings (SSSR count). The van der Waals surface area contributed by atoms with Crippen molar-refractivity contribution in [3.8, 4) is 0 Å². The quantitative estimate of drug-likeness (QED) is 0.623. The topological polar surface area (TPSA) is 62.6 Å². The van der Waals surface area contributed by atoms with Crippen molar-refractivity contribution in [2.24, 2.45) is 0 Å². The lowest BCUT2D eigenvalue weighted by Crippen LogP contribution is -3.14. The van der Waals surface area contributed by atoms with Crippen LogP contribution in [-0.2, 0) is 9.59 Å². The van der Waals surface area contributed by atoms with E-state index in [1.165, 1.54) is 5.56 Å². The Hall–Kier alpha value is -2.66. The SMILES string of the molecule is CC[C@@H](C)c1ccccc1NC(=O)[C@@H](C)[NH+](C)CC(=O)Nc1c(C)cc(C)cc1C. The van der Waals surface area contributed by atoms with Gasteiger partial charge in [-0.05, 0) is 62.8 Å². The highest BCUT2D eigenvalue weighted by Gasteiger charge is 2.25. The lowest BCUT2D eigenvalue weighted by atomic mass is 9.97. The van der Waals surface area contributed by atoms with Gasteiger partial charge in [-0.1, -0.05) is 49.7 Å². The minimum absolute atomic E-state index is 0.0845. The van der Waals surface area contributed by atoms with E-state index in [1.807, 2.05) is 52.9 Å². The van der Waals surface area contributed by atoms with E-state index >= 15 is 0 Å². The zero-order valence-corrected chi connectivity index (χ0v) is 19.3. The van der Waals surface area contributed by atoms with Gasteiger partial charge in [-0.3, -0.25) is 9.59 Å². The van der Waals surface area contributed by atoms with E-state index in [0.29, 0.717) is 5.92 Å². The average Bonchev–Trinajstić information content (AvgIpc) is 2.69. The fourth-order valence-corrected chi connectivity index (χ4v) is 3.69. The Kier molecular flexibility index (Phi) is 8.18. The number of anilines is 2. The molecule has 0 fully saturated rings. The number of hydrogen-bond donors (Lipinski definition) is 3. The second-order valence-corrected chi connectivity index (χ2v) is 8.45. The Morgan fingerprint density at radius 3 is 2.20 bits per heavy atom. The minimum Gasteiger partial charge on any atom is -0.321 e. The molecule has 2 aromatic carbocycles. The third kappa shape index (κ3) is 5.92. The molecular weight excluding hydrogens is 374 g/mol. The molecule has 0 radical (unpaired) electrons. The molecule has 2 aromatic rings. The van der Waals surface area contributed by atoms with E-state index in [1.54, 1.807) is 0 Å². The number of para-hydroxylation sites is 1. The van der Waals surface area contributed by atoms with Gasteiger partial charge in [-0.15, -0.1) is 0 Å². The van der Waals surface area contributed by atoms with Crippen LogP contribution in [-0.4, -0.2) is 31.4 Å². The minimum atomic E-state index is -0.360. The maximum Gasteiger partial charge on any atom is 0.282 e. The number of quaternary nitrogens is 1. The molecule has 5 heteroatoms. The molecule has 0 saturated carbocycles. The largest absolute Gasteiger partial charge is 0.321 e. The van der Waals surface area contributed by atoms with Crippen LogP contribution in [0.4, 0.5) is 11.4 Å². The first kappa shape index (κ1) is 23.6. The summed E-state index contributed by atoms with van der Waals surface area (Å²) in [5.41, 5.74) is 6.12. The molecule has 0 saturated heterocycles. The molecule has 0 aliphatic rings. The number of amides is 2. The predicted molar refractivity (Wildman–Crippen MR) is 124 cm³/mol. The summed E-state index contributed by atoms with van der Waals surface area (Å²) in [5.74, 6) is 0.189. The summed E-state index contributed by atoms with van der Waals surface area (Å²) in [6.07, 6.45) is 1.01. The molecule has 2 amide bonds. The summed E-state index contributed by atoms with van der Waals surface area (Å²) in [6, 6.07) is 11.7. The third-order valence-electron chi connectivity index (χ3n) is 5.88. The smallest absolute Gasteiger partial charge is 0.282 e. The van der Waals surface area contributed by atoms with E-state index in [-0.39, 0.29) is 24.4 Å². The van der Waals surface area contributed by atoms with E-state index in [0.717, 1.165) is 39.4 Å². The van der Waals surface area contributed by atoms with Gasteiger partial charge in [0.1, 0.15) is 0 Å². The van der Waals surface area contributed by atoms with Crippen LogP contribution >= 0.6 is 0 Å². The lowest BCUT2D eigenvalue weighted by Gasteiger charge is -2.22. The monoisotopic (exact) mass is 410 g/mol.